The Kier molecular flexibility index (Phi) is 7.80. The fourth-order valence-corrected chi connectivity index (χ4v) is 9.02. The van der Waals surface area contributed by atoms with Crippen LogP contribution in [0.5, 0.6) is 0 Å². The summed E-state index contributed by atoms with van der Waals surface area (Å²) in [6.07, 6.45) is 5.51. The van der Waals surface area contributed by atoms with Gasteiger partial charge >= 0.3 is 0 Å². The predicted molar refractivity (Wildman–Crippen MR) is 229 cm³/mol. The van der Waals surface area contributed by atoms with Gasteiger partial charge < -0.3 is 9.13 Å². The van der Waals surface area contributed by atoms with Gasteiger partial charge in [-0.2, -0.15) is 10.5 Å². The normalized spacial score (nSPS) is 13.5. The van der Waals surface area contributed by atoms with Crippen molar-refractivity contribution < 1.29 is 0 Å². The Morgan fingerprint density at radius 1 is 0.518 bits per heavy atom. The number of rotatable bonds is 5. The smallest absolute Gasteiger partial charge is 0.0991 e. The molecule has 0 radical (unpaired) electrons. The molecular weight excluding hydrogens is 681 g/mol. The first-order valence-corrected chi connectivity index (χ1v) is 19.1. The number of aryl methyl sites for hydroxylation is 2. The fourth-order valence-electron chi connectivity index (χ4n) is 9.02. The molecule has 1 aliphatic rings. The molecule has 1 unspecified atom stereocenters. The summed E-state index contributed by atoms with van der Waals surface area (Å²) in [6, 6.07) is 57.8. The van der Waals surface area contributed by atoms with E-state index in [4.69, 9.17) is 0 Å². The fraction of sp³-hybridized carbons (Fsp3) is 0.0769. The maximum absolute atomic E-state index is 10.3. The molecule has 264 valence electrons. The molecule has 4 nitrogen and oxygen atoms in total. The van der Waals surface area contributed by atoms with E-state index in [-0.39, 0.29) is 5.92 Å². The lowest BCUT2D eigenvalue weighted by Gasteiger charge is -2.22. The number of fused-ring (bicyclic) bond motifs is 6. The molecule has 2 heterocycles. The van der Waals surface area contributed by atoms with Gasteiger partial charge in [-0.05, 0) is 120 Å². The van der Waals surface area contributed by atoms with Crippen LogP contribution >= 0.6 is 0 Å². The third-order valence-electron chi connectivity index (χ3n) is 11.7. The summed E-state index contributed by atoms with van der Waals surface area (Å²) < 4.78 is 4.68. The molecule has 0 fully saturated rings. The number of hydrogen-bond donors (Lipinski definition) is 0. The Hall–Kier alpha value is -7.40. The molecule has 0 bridgehead atoms. The minimum Gasteiger partial charge on any atom is -0.309 e. The van der Waals surface area contributed by atoms with Gasteiger partial charge in [-0.1, -0.05) is 97.1 Å². The molecule has 0 aliphatic heterocycles. The molecular formula is C52H36N4. The second kappa shape index (κ2) is 13.2. The SMILES string of the molecule is Cc1ccccc1-c1ccc2c(c1)c1ccccc1n2-c1ccc(C#N)cc1-c1cc(C#N)ccc1-n1c2c(c3ccccc31)CC(c1ccccc1C)C=C2. The lowest BCUT2D eigenvalue weighted by atomic mass is 9.85. The van der Waals surface area contributed by atoms with Crippen LogP contribution in [0.25, 0.3) is 72.4 Å². The van der Waals surface area contributed by atoms with E-state index in [1.54, 1.807) is 0 Å². The van der Waals surface area contributed by atoms with E-state index in [2.05, 4.69) is 175 Å². The van der Waals surface area contributed by atoms with Gasteiger partial charge in [0, 0.05) is 38.9 Å². The van der Waals surface area contributed by atoms with Crippen molar-refractivity contribution >= 4 is 38.8 Å². The molecule has 10 rings (SSSR count). The maximum atomic E-state index is 10.3. The van der Waals surface area contributed by atoms with Crippen LogP contribution in [0.15, 0.2) is 158 Å². The lowest BCUT2D eigenvalue weighted by molar-refractivity contribution is 0.818. The van der Waals surface area contributed by atoms with Gasteiger partial charge in [0.1, 0.15) is 0 Å². The number of allylic oxidation sites excluding steroid dienone is 1. The number of nitrogens with zero attached hydrogens (tertiary/aromatic N) is 4. The van der Waals surface area contributed by atoms with Gasteiger partial charge in [0.05, 0.1) is 51.2 Å². The highest BCUT2D eigenvalue weighted by Gasteiger charge is 2.26. The van der Waals surface area contributed by atoms with E-state index in [0.29, 0.717) is 11.1 Å². The van der Waals surface area contributed by atoms with Gasteiger partial charge in [0.15, 0.2) is 0 Å². The van der Waals surface area contributed by atoms with E-state index in [0.717, 1.165) is 61.9 Å². The molecule has 0 amide bonds. The molecule has 9 aromatic rings. The van der Waals surface area contributed by atoms with Crippen LogP contribution in [-0.4, -0.2) is 9.13 Å². The first-order valence-electron chi connectivity index (χ1n) is 19.1. The second-order valence-electron chi connectivity index (χ2n) is 14.8. The number of benzene rings is 7. The minimum absolute atomic E-state index is 0.268. The largest absolute Gasteiger partial charge is 0.309 e. The Morgan fingerprint density at radius 2 is 1.11 bits per heavy atom. The predicted octanol–water partition coefficient (Wildman–Crippen LogP) is 12.8. The number of hydrogen-bond acceptors (Lipinski definition) is 2. The van der Waals surface area contributed by atoms with Crippen molar-refractivity contribution in [3.8, 4) is 45.8 Å². The van der Waals surface area contributed by atoms with Gasteiger partial charge in [-0.15, -0.1) is 0 Å². The van der Waals surface area contributed by atoms with Gasteiger partial charge in [-0.3, -0.25) is 0 Å². The third-order valence-corrected chi connectivity index (χ3v) is 11.7. The zero-order chi connectivity index (χ0) is 37.9. The quantitative estimate of drug-likeness (QED) is 0.178. The molecule has 1 atom stereocenters. The standard InChI is InChI=1S/C52H36N4/c1-33-11-3-5-13-39(33)37-21-25-51-45(29-37)41-15-7-9-17-47(41)55(51)49-23-19-35(31-53)27-43(49)44-28-36(32-54)20-24-50(44)56-48-18-10-8-16-42(48)46-30-38(22-26-52(46)56)40-14-6-4-12-34(40)2/h3-29,38H,30H2,1-2H3. The van der Waals surface area contributed by atoms with E-state index in [9.17, 15) is 10.5 Å². The monoisotopic (exact) mass is 716 g/mol. The van der Waals surface area contributed by atoms with Crippen LogP contribution in [0.3, 0.4) is 0 Å². The van der Waals surface area contributed by atoms with E-state index < -0.39 is 0 Å². The van der Waals surface area contributed by atoms with Crippen molar-refractivity contribution in [2.45, 2.75) is 26.2 Å². The Bertz CT molecular complexity index is 3170. The molecule has 4 heteroatoms. The summed E-state index contributed by atoms with van der Waals surface area (Å²) in [6.45, 7) is 4.35. The summed E-state index contributed by atoms with van der Waals surface area (Å²) in [7, 11) is 0. The molecule has 0 saturated carbocycles. The molecule has 2 aromatic heterocycles. The number of para-hydroxylation sites is 2. The molecule has 0 N–H and O–H groups in total. The van der Waals surface area contributed by atoms with Gasteiger partial charge in [0.2, 0.25) is 0 Å². The van der Waals surface area contributed by atoms with Crippen LogP contribution in [0, 0.1) is 36.5 Å². The van der Waals surface area contributed by atoms with Crippen molar-refractivity contribution in [2.75, 3.05) is 0 Å². The molecule has 0 saturated heterocycles. The van der Waals surface area contributed by atoms with Crippen LogP contribution in [-0.2, 0) is 6.42 Å². The molecule has 56 heavy (non-hydrogen) atoms. The zero-order valence-electron chi connectivity index (χ0n) is 31.2. The van der Waals surface area contributed by atoms with Crippen LogP contribution in [0.4, 0.5) is 0 Å². The number of aromatic nitrogens is 2. The summed E-state index contributed by atoms with van der Waals surface area (Å²) in [5.41, 5.74) is 16.7. The average Bonchev–Trinajstić information content (AvgIpc) is 3.75. The van der Waals surface area contributed by atoms with E-state index >= 15 is 0 Å². The summed E-state index contributed by atoms with van der Waals surface area (Å²) in [5.74, 6) is 0.268. The van der Waals surface area contributed by atoms with Crippen molar-refractivity contribution in [3.63, 3.8) is 0 Å². The number of nitriles is 2. The first kappa shape index (κ1) is 33.2. The maximum Gasteiger partial charge on any atom is 0.0991 e. The summed E-state index contributed by atoms with van der Waals surface area (Å²) >= 11 is 0. The van der Waals surface area contributed by atoms with Gasteiger partial charge in [-0.25, -0.2) is 0 Å². The summed E-state index contributed by atoms with van der Waals surface area (Å²) in [4.78, 5) is 0. The topological polar surface area (TPSA) is 57.4 Å². The average molecular weight is 717 g/mol. The molecule has 1 aliphatic carbocycles. The lowest BCUT2D eigenvalue weighted by Crippen LogP contribution is -2.09. The van der Waals surface area contributed by atoms with Crippen LogP contribution in [0.1, 0.15) is 45.0 Å². The van der Waals surface area contributed by atoms with Crippen LogP contribution < -0.4 is 0 Å². The van der Waals surface area contributed by atoms with Gasteiger partial charge in [0.25, 0.3) is 0 Å². The second-order valence-corrected chi connectivity index (χ2v) is 14.8. The van der Waals surface area contributed by atoms with Crippen molar-refractivity contribution in [1.29, 1.82) is 10.5 Å². The van der Waals surface area contributed by atoms with E-state index in [1.807, 2.05) is 24.3 Å². The highest BCUT2D eigenvalue weighted by molar-refractivity contribution is 6.11. The first-order chi connectivity index (χ1) is 27.5. The summed E-state index contributed by atoms with van der Waals surface area (Å²) in [5, 5.41) is 24.1. The third kappa shape index (κ3) is 5.19. The van der Waals surface area contributed by atoms with E-state index in [1.165, 1.54) is 38.8 Å². The Balaban J connectivity index is 1.23. The Morgan fingerprint density at radius 3 is 1.80 bits per heavy atom. The molecule has 7 aromatic carbocycles. The minimum atomic E-state index is 0.268. The highest BCUT2D eigenvalue weighted by Crippen LogP contribution is 2.44. The van der Waals surface area contributed by atoms with Crippen molar-refractivity contribution in [1.82, 2.24) is 9.13 Å². The van der Waals surface area contributed by atoms with Crippen molar-refractivity contribution in [3.05, 3.63) is 197 Å². The highest BCUT2D eigenvalue weighted by atomic mass is 15.0. The van der Waals surface area contributed by atoms with Crippen molar-refractivity contribution in [2.24, 2.45) is 0 Å². The van der Waals surface area contributed by atoms with Crippen LogP contribution in [0.2, 0.25) is 0 Å². The zero-order valence-corrected chi connectivity index (χ0v) is 31.2. The molecule has 0 spiro atoms. The Labute approximate surface area is 326 Å².